The highest BCUT2D eigenvalue weighted by atomic mass is 16.5. The number of esters is 1. The highest BCUT2D eigenvalue weighted by Gasteiger charge is 2.25. The van der Waals surface area contributed by atoms with Crippen LogP contribution in [0.3, 0.4) is 0 Å². The van der Waals surface area contributed by atoms with E-state index in [1.54, 1.807) is 17.8 Å². The molecule has 0 spiro atoms. The van der Waals surface area contributed by atoms with Gasteiger partial charge in [-0.05, 0) is 19.8 Å². The Hall–Kier alpha value is -2.11. The fourth-order valence-corrected chi connectivity index (χ4v) is 2.07. The minimum absolute atomic E-state index is 0.329. The van der Waals surface area contributed by atoms with Gasteiger partial charge in [-0.3, -0.25) is 4.68 Å². The first-order valence-electron chi connectivity index (χ1n) is 6.48. The number of hydrogen-bond acceptors (Lipinski definition) is 4. The Bertz CT molecular complexity index is 583. The fraction of sp³-hybridized carbons (Fsp3) is 0.462. The topological polar surface area (TPSA) is 61.9 Å². The molecule has 1 aliphatic rings. The van der Waals surface area contributed by atoms with E-state index in [1.807, 2.05) is 12.5 Å². The molecular formula is C13H16N4O2. The molecule has 0 N–H and O–H groups in total. The van der Waals surface area contributed by atoms with Crippen molar-refractivity contribution in [1.29, 1.82) is 0 Å². The van der Waals surface area contributed by atoms with Gasteiger partial charge in [-0.2, -0.15) is 5.10 Å². The molecule has 1 saturated carbocycles. The minimum atomic E-state index is -0.329. The Morgan fingerprint density at radius 1 is 1.47 bits per heavy atom. The normalized spacial score (nSPS) is 14.6. The molecule has 0 aliphatic heterocycles. The van der Waals surface area contributed by atoms with Crippen LogP contribution in [0.1, 0.15) is 41.9 Å². The van der Waals surface area contributed by atoms with Crippen LogP contribution in [-0.4, -0.2) is 31.9 Å². The molecule has 1 aliphatic carbocycles. The van der Waals surface area contributed by atoms with Gasteiger partial charge in [0.25, 0.3) is 0 Å². The molecule has 1 fully saturated rings. The fourth-order valence-electron chi connectivity index (χ4n) is 2.07. The summed E-state index contributed by atoms with van der Waals surface area (Å²) in [5.74, 6) is -0.329. The molecule has 3 rings (SSSR count). The lowest BCUT2D eigenvalue weighted by atomic mass is 10.4. The van der Waals surface area contributed by atoms with Gasteiger partial charge in [-0.15, -0.1) is 0 Å². The van der Waals surface area contributed by atoms with Crippen molar-refractivity contribution in [3.05, 3.63) is 36.2 Å². The first kappa shape index (κ1) is 12.0. The van der Waals surface area contributed by atoms with Crippen LogP contribution in [0.4, 0.5) is 0 Å². The van der Waals surface area contributed by atoms with Gasteiger partial charge in [0.05, 0.1) is 43.1 Å². The number of aromatic nitrogens is 4. The summed E-state index contributed by atoms with van der Waals surface area (Å²) in [5.41, 5.74) is 1.60. The van der Waals surface area contributed by atoms with E-state index in [0.29, 0.717) is 24.8 Å². The summed E-state index contributed by atoms with van der Waals surface area (Å²) in [6.07, 6.45) is 9.40. The molecule has 6 heteroatoms. The van der Waals surface area contributed by atoms with Gasteiger partial charge in [-0.25, -0.2) is 9.78 Å². The zero-order valence-electron chi connectivity index (χ0n) is 10.8. The second-order valence-corrected chi connectivity index (χ2v) is 4.67. The van der Waals surface area contributed by atoms with Crippen molar-refractivity contribution in [1.82, 2.24) is 19.3 Å². The van der Waals surface area contributed by atoms with Gasteiger partial charge in [0, 0.05) is 12.2 Å². The van der Waals surface area contributed by atoms with E-state index >= 15 is 0 Å². The van der Waals surface area contributed by atoms with Crippen molar-refractivity contribution in [3.63, 3.8) is 0 Å². The Morgan fingerprint density at radius 2 is 2.32 bits per heavy atom. The van der Waals surface area contributed by atoms with Crippen LogP contribution in [0, 0.1) is 0 Å². The summed E-state index contributed by atoms with van der Waals surface area (Å²) in [6.45, 7) is 2.78. The summed E-state index contributed by atoms with van der Waals surface area (Å²) >= 11 is 0. The average molecular weight is 260 g/mol. The lowest BCUT2D eigenvalue weighted by molar-refractivity contribution is 0.0526. The maximum absolute atomic E-state index is 11.6. The molecule has 0 saturated heterocycles. The largest absolute Gasteiger partial charge is 0.462 e. The molecule has 0 aromatic carbocycles. The van der Waals surface area contributed by atoms with Crippen LogP contribution in [0.25, 0.3) is 0 Å². The number of imidazole rings is 1. The van der Waals surface area contributed by atoms with E-state index < -0.39 is 0 Å². The Labute approximate surface area is 111 Å². The van der Waals surface area contributed by atoms with E-state index in [1.165, 1.54) is 19.0 Å². The highest BCUT2D eigenvalue weighted by molar-refractivity contribution is 5.88. The van der Waals surface area contributed by atoms with Gasteiger partial charge in [0.2, 0.25) is 0 Å². The van der Waals surface area contributed by atoms with Crippen molar-refractivity contribution in [2.75, 3.05) is 6.61 Å². The van der Waals surface area contributed by atoms with E-state index in [2.05, 4.69) is 14.6 Å². The van der Waals surface area contributed by atoms with Crippen molar-refractivity contribution in [2.45, 2.75) is 32.4 Å². The maximum atomic E-state index is 11.6. The van der Waals surface area contributed by atoms with Gasteiger partial charge in [0.15, 0.2) is 0 Å². The lowest BCUT2D eigenvalue weighted by Gasteiger charge is -2.06. The van der Waals surface area contributed by atoms with E-state index in [4.69, 9.17) is 4.74 Å². The third kappa shape index (κ3) is 2.52. The van der Waals surface area contributed by atoms with Gasteiger partial charge in [0.1, 0.15) is 0 Å². The minimum Gasteiger partial charge on any atom is -0.462 e. The number of ether oxygens (including phenoxy) is 1. The Kier molecular flexibility index (Phi) is 3.06. The van der Waals surface area contributed by atoms with Crippen molar-refractivity contribution in [2.24, 2.45) is 0 Å². The zero-order chi connectivity index (χ0) is 13.2. The number of carbonyl (C=O) groups excluding carboxylic acids is 1. The quantitative estimate of drug-likeness (QED) is 0.767. The molecule has 19 heavy (non-hydrogen) atoms. The van der Waals surface area contributed by atoms with Gasteiger partial charge < -0.3 is 9.30 Å². The van der Waals surface area contributed by atoms with Crippen LogP contribution < -0.4 is 0 Å². The first-order chi connectivity index (χ1) is 9.28. The van der Waals surface area contributed by atoms with Crippen molar-refractivity contribution < 1.29 is 9.53 Å². The second kappa shape index (κ2) is 4.87. The molecule has 100 valence electrons. The highest BCUT2D eigenvalue weighted by Crippen LogP contribution is 2.35. The smallest absolute Gasteiger partial charge is 0.341 e. The van der Waals surface area contributed by atoms with Crippen molar-refractivity contribution >= 4 is 5.97 Å². The molecule has 0 amide bonds. The number of nitrogens with zero attached hydrogens (tertiary/aromatic N) is 4. The Morgan fingerprint density at radius 3 is 3.05 bits per heavy atom. The molecular weight excluding hydrogens is 244 g/mol. The van der Waals surface area contributed by atoms with Crippen LogP contribution in [0.5, 0.6) is 0 Å². The average Bonchev–Trinajstić information content (AvgIpc) is 2.96. The SMILES string of the molecule is CCOC(=O)c1cnn(Cc2cncn2C2CC2)c1. The van der Waals surface area contributed by atoms with Crippen molar-refractivity contribution in [3.8, 4) is 0 Å². The van der Waals surface area contributed by atoms with Crippen LogP contribution in [0.2, 0.25) is 0 Å². The van der Waals surface area contributed by atoms with Gasteiger partial charge >= 0.3 is 5.97 Å². The summed E-state index contributed by atoms with van der Waals surface area (Å²) < 4.78 is 8.86. The van der Waals surface area contributed by atoms with Crippen LogP contribution in [0.15, 0.2) is 24.9 Å². The first-order valence-corrected chi connectivity index (χ1v) is 6.48. The summed E-state index contributed by atoms with van der Waals surface area (Å²) in [5, 5.41) is 4.19. The number of hydrogen-bond donors (Lipinski definition) is 0. The van der Waals surface area contributed by atoms with E-state index in [0.717, 1.165) is 5.69 Å². The zero-order valence-corrected chi connectivity index (χ0v) is 10.8. The number of rotatable bonds is 5. The molecule has 2 heterocycles. The molecule has 0 atom stereocenters. The van der Waals surface area contributed by atoms with E-state index in [-0.39, 0.29) is 5.97 Å². The molecule has 0 bridgehead atoms. The predicted octanol–water partition coefficient (Wildman–Crippen LogP) is 1.64. The third-order valence-electron chi connectivity index (χ3n) is 3.15. The monoisotopic (exact) mass is 260 g/mol. The lowest BCUT2D eigenvalue weighted by Crippen LogP contribution is -2.07. The predicted molar refractivity (Wildman–Crippen MR) is 67.8 cm³/mol. The molecule has 0 radical (unpaired) electrons. The molecule has 6 nitrogen and oxygen atoms in total. The van der Waals surface area contributed by atoms with Gasteiger partial charge in [-0.1, -0.05) is 0 Å². The van der Waals surface area contributed by atoms with Crippen LogP contribution in [-0.2, 0) is 11.3 Å². The van der Waals surface area contributed by atoms with E-state index in [9.17, 15) is 4.79 Å². The molecule has 2 aromatic heterocycles. The van der Waals surface area contributed by atoms with Crippen LogP contribution >= 0.6 is 0 Å². The standard InChI is InChI=1S/C13H16N4O2/c1-2-19-13(18)10-5-15-16(7-10)8-12-6-14-9-17(12)11-3-4-11/h5-7,9,11H,2-4,8H2,1H3. The maximum Gasteiger partial charge on any atom is 0.341 e. The second-order valence-electron chi connectivity index (χ2n) is 4.67. The Balaban J connectivity index is 1.72. The summed E-state index contributed by atoms with van der Waals surface area (Å²) in [6, 6.07) is 0.595. The summed E-state index contributed by atoms with van der Waals surface area (Å²) in [4.78, 5) is 15.7. The third-order valence-corrected chi connectivity index (χ3v) is 3.15. The molecule has 2 aromatic rings. The molecule has 0 unspecified atom stereocenters. The summed E-state index contributed by atoms with van der Waals surface area (Å²) in [7, 11) is 0. The number of carbonyl (C=O) groups is 1.